The molecule has 1 fully saturated rings. The zero-order valence-electron chi connectivity index (χ0n) is 17.2. The second kappa shape index (κ2) is 8.48. The van der Waals surface area contributed by atoms with Gasteiger partial charge in [-0.15, -0.1) is 0 Å². The highest BCUT2D eigenvalue weighted by atomic mass is 32.2. The molecule has 2 aliphatic heterocycles. The molecule has 1 unspecified atom stereocenters. The monoisotopic (exact) mass is 466 g/mol. The summed E-state index contributed by atoms with van der Waals surface area (Å²) in [5.74, 6) is -3.14. The lowest BCUT2D eigenvalue weighted by Gasteiger charge is -2.27. The SMILES string of the molecule is N#CCc1ccc(CS(=O)(=O)Nc2cccc3c2C(=O)N(C2CCC(=O)NC2=O)C3=O)cc1. The topological polar surface area (TPSA) is 154 Å². The van der Waals surface area contributed by atoms with Gasteiger partial charge in [0.15, 0.2) is 0 Å². The second-order valence-corrected chi connectivity index (χ2v) is 9.41. The molecule has 2 aromatic rings. The van der Waals surface area contributed by atoms with Crippen molar-refractivity contribution in [3.63, 3.8) is 0 Å². The Morgan fingerprint density at radius 2 is 1.73 bits per heavy atom. The molecule has 2 aliphatic rings. The summed E-state index contributed by atoms with van der Waals surface area (Å²) in [6.07, 6.45) is 0.191. The number of sulfonamides is 1. The van der Waals surface area contributed by atoms with Crippen molar-refractivity contribution < 1.29 is 27.6 Å². The van der Waals surface area contributed by atoms with Gasteiger partial charge in [0.1, 0.15) is 6.04 Å². The van der Waals surface area contributed by atoms with Crippen LogP contribution in [-0.2, 0) is 31.8 Å². The van der Waals surface area contributed by atoms with E-state index in [2.05, 4.69) is 10.0 Å². The number of nitrogens with one attached hydrogen (secondary N) is 2. The van der Waals surface area contributed by atoms with Gasteiger partial charge < -0.3 is 0 Å². The molecule has 2 aromatic carbocycles. The van der Waals surface area contributed by atoms with Crippen molar-refractivity contribution in [1.29, 1.82) is 5.26 Å². The first-order valence-corrected chi connectivity index (χ1v) is 11.7. The van der Waals surface area contributed by atoms with Crippen LogP contribution in [0.2, 0.25) is 0 Å². The van der Waals surface area contributed by atoms with Crippen LogP contribution in [0.5, 0.6) is 0 Å². The van der Waals surface area contributed by atoms with E-state index in [1.165, 1.54) is 18.2 Å². The second-order valence-electron chi connectivity index (χ2n) is 7.69. The fourth-order valence-electron chi connectivity index (χ4n) is 3.87. The molecule has 4 amide bonds. The average Bonchev–Trinajstić information content (AvgIpc) is 3.01. The number of carbonyl (C=O) groups excluding carboxylic acids is 4. The lowest BCUT2D eigenvalue weighted by Crippen LogP contribution is -2.54. The Morgan fingerprint density at radius 1 is 1.03 bits per heavy atom. The van der Waals surface area contributed by atoms with E-state index >= 15 is 0 Å². The molecule has 4 rings (SSSR count). The summed E-state index contributed by atoms with van der Waals surface area (Å²) < 4.78 is 27.9. The van der Waals surface area contributed by atoms with E-state index in [0.29, 0.717) is 5.56 Å². The molecule has 2 heterocycles. The van der Waals surface area contributed by atoms with Gasteiger partial charge in [-0.2, -0.15) is 5.26 Å². The zero-order valence-corrected chi connectivity index (χ0v) is 18.0. The Kier molecular flexibility index (Phi) is 5.69. The summed E-state index contributed by atoms with van der Waals surface area (Å²) in [6, 6.07) is 11.6. The quantitative estimate of drug-likeness (QED) is 0.604. The number of carbonyl (C=O) groups is 4. The molecular weight excluding hydrogens is 448 g/mol. The molecular formula is C22H18N4O6S. The molecule has 0 spiro atoms. The van der Waals surface area contributed by atoms with Gasteiger partial charge in [0.05, 0.1) is 35.1 Å². The van der Waals surface area contributed by atoms with Gasteiger partial charge >= 0.3 is 0 Å². The number of nitriles is 1. The number of amides is 4. The van der Waals surface area contributed by atoms with Gasteiger partial charge in [0, 0.05) is 6.42 Å². The first-order chi connectivity index (χ1) is 15.7. The standard InChI is InChI=1S/C22H18N4O6S/c23-11-10-13-4-6-14(7-5-13)12-33(31,32)25-16-3-1-2-15-19(16)22(30)26(21(15)29)17-8-9-18(27)24-20(17)28/h1-7,17,25H,8-10,12H2,(H,24,27,28). The summed E-state index contributed by atoms with van der Waals surface area (Å²) in [5.41, 5.74) is 1.00. The number of rotatable bonds is 6. The number of hydrogen-bond donors (Lipinski definition) is 2. The largest absolute Gasteiger partial charge is 0.295 e. The third-order valence-electron chi connectivity index (χ3n) is 5.40. The molecule has 11 heteroatoms. The molecule has 1 atom stereocenters. The van der Waals surface area contributed by atoms with Crippen molar-refractivity contribution in [2.24, 2.45) is 0 Å². The zero-order chi connectivity index (χ0) is 23.8. The Labute approximate surface area is 189 Å². The van der Waals surface area contributed by atoms with E-state index in [1.54, 1.807) is 24.3 Å². The normalized spacial score (nSPS) is 18.0. The van der Waals surface area contributed by atoms with E-state index in [4.69, 9.17) is 5.26 Å². The van der Waals surface area contributed by atoms with Crippen LogP contribution >= 0.6 is 0 Å². The van der Waals surface area contributed by atoms with Crippen molar-refractivity contribution in [2.75, 3.05) is 4.72 Å². The summed E-state index contributed by atoms with van der Waals surface area (Å²) in [7, 11) is -3.96. The van der Waals surface area contributed by atoms with Crippen molar-refractivity contribution in [2.45, 2.75) is 31.1 Å². The van der Waals surface area contributed by atoms with Crippen LogP contribution in [0.3, 0.4) is 0 Å². The summed E-state index contributed by atoms with van der Waals surface area (Å²) in [5, 5.41) is 10.8. The van der Waals surface area contributed by atoms with Crippen LogP contribution in [0.15, 0.2) is 42.5 Å². The molecule has 2 N–H and O–H groups in total. The smallest absolute Gasteiger partial charge is 0.264 e. The molecule has 1 saturated heterocycles. The van der Waals surface area contributed by atoms with Gasteiger partial charge in [-0.3, -0.25) is 34.1 Å². The minimum atomic E-state index is -3.96. The predicted octanol–water partition coefficient (Wildman–Crippen LogP) is 1.10. The number of benzene rings is 2. The highest BCUT2D eigenvalue weighted by Gasteiger charge is 2.45. The number of nitrogens with zero attached hydrogens (tertiary/aromatic N) is 2. The average molecular weight is 466 g/mol. The number of imide groups is 2. The van der Waals surface area contributed by atoms with Crippen molar-refractivity contribution >= 4 is 39.3 Å². The van der Waals surface area contributed by atoms with Crippen LogP contribution in [0.25, 0.3) is 0 Å². The van der Waals surface area contributed by atoms with E-state index in [1.807, 2.05) is 6.07 Å². The molecule has 10 nitrogen and oxygen atoms in total. The van der Waals surface area contributed by atoms with E-state index in [9.17, 15) is 27.6 Å². The van der Waals surface area contributed by atoms with Crippen LogP contribution < -0.4 is 10.0 Å². The third kappa shape index (κ3) is 4.33. The fraction of sp³-hybridized carbons (Fsp3) is 0.227. The predicted molar refractivity (Wildman–Crippen MR) is 115 cm³/mol. The van der Waals surface area contributed by atoms with Crippen molar-refractivity contribution in [1.82, 2.24) is 10.2 Å². The first-order valence-electron chi connectivity index (χ1n) is 10.00. The van der Waals surface area contributed by atoms with E-state index < -0.39 is 39.7 Å². The highest BCUT2D eigenvalue weighted by Crippen LogP contribution is 2.33. The van der Waals surface area contributed by atoms with Gasteiger partial charge in [0.2, 0.25) is 21.8 Å². The number of fused-ring (bicyclic) bond motifs is 1. The van der Waals surface area contributed by atoms with Crippen molar-refractivity contribution in [3.8, 4) is 6.07 Å². The van der Waals surface area contributed by atoms with Crippen LogP contribution in [0, 0.1) is 11.3 Å². The molecule has 0 aromatic heterocycles. The Balaban J connectivity index is 1.58. The van der Waals surface area contributed by atoms with Gasteiger partial charge in [-0.25, -0.2) is 8.42 Å². The van der Waals surface area contributed by atoms with Crippen LogP contribution in [-0.4, -0.2) is 43.0 Å². The maximum Gasteiger partial charge on any atom is 0.264 e. The molecule has 0 bridgehead atoms. The number of piperidine rings is 1. The molecule has 168 valence electrons. The Bertz CT molecular complexity index is 1330. The van der Waals surface area contributed by atoms with E-state index in [0.717, 1.165) is 10.5 Å². The molecule has 33 heavy (non-hydrogen) atoms. The maximum absolute atomic E-state index is 13.1. The lowest BCUT2D eigenvalue weighted by atomic mass is 10.0. The van der Waals surface area contributed by atoms with Gasteiger partial charge in [0.25, 0.3) is 11.8 Å². The van der Waals surface area contributed by atoms with Crippen LogP contribution in [0.4, 0.5) is 5.69 Å². The van der Waals surface area contributed by atoms with E-state index in [-0.39, 0.29) is 41.8 Å². The fourth-order valence-corrected chi connectivity index (χ4v) is 5.08. The minimum Gasteiger partial charge on any atom is -0.295 e. The maximum atomic E-state index is 13.1. The Morgan fingerprint density at radius 3 is 2.39 bits per heavy atom. The number of hydrogen-bond acceptors (Lipinski definition) is 7. The first kappa shape index (κ1) is 22.2. The Hall–Kier alpha value is -4.04. The number of anilines is 1. The third-order valence-corrected chi connectivity index (χ3v) is 6.64. The van der Waals surface area contributed by atoms with Crippen molar-refractivity contribution in [3.05, 3.63) is 64.7 Å². The highest BCUT2D eigenvalue weighted by molar-refractivity contribution is 7.91. The molecule has 0 saturated carbocycles. The summed E-state index contributed by atoms with van der Waals surface area (Å²) >= 11 is 0. The molecule has 0 radical (unpaired) electrons. The molecule has 0 aliphatic carbocycles. The summed E-state index contributed by atoms with van der Waals surface area (Å²) in [6.45, 7) is 0. The minimum absolute atomic E-state index is 0.001000. The van der Waals surface area contributed by atoms with Gasteiger partial charge in [-0.1, -0.05) is 30.3 Å². The summed E-state index contributed by atoms with van der Waals surface area (Å²) in [4.78, 5) is 50.3. The lowest BCUT2D eigenvalue weighted by molar-refractivity contribution is -0.136. The van der Waals surface area contributed by atoms with Crippen LogP contribution in [0.1, 0.15) is 44.7 Å². The van der Waals surface area contributed by atoms with Gasteiger partial charge in [-0.05, 0) is 29.7 Å².